The first-order valence-electron chi connectivity index (χ1n) is 8.95. The molecule has 0 fully saturated rings. The molecule has 0 atom stereocenters. The maximum absolute atomic E-state index is 10.6. The van der Waals surface area contributed by atoms with Gasteiger partial charge in [0.1, 0.15) is 0 Å². The summed E-state index contributed by atoms with van der Waals surface area (Å²) < 4.78 is 0. The van der Waals surface area contributed by atoms with Crippen molar-refractivity contribution in [2.75, 3.05) is 0 Å². The number of carbonyl (C=O) groups is 2. The lowest BCUT2D eigenvalue weighted by Gasteiger charge is -1.98. The van der Waals surface area contributed by atoms with Crippen LogP contribution in [-0.4, -0.2) is 16.9 Å². The summed E-state index contributed by atoms with van der Waals surface area (Å²) in [5, 5.41) is 8.35. The van der Waals surface area contributed by atoms with Crippen LogP contribution in [0.2, 0.25) is 0 Å². The molecule has 0 aliphatic heterocycles. The molecule has 0 rings (SSSR count). The highest BCUT2D eigenvalue weighted by Crippen LogP contribution is 2.07. The van der Waals surface area contributed by atoms with Crippen LogP contribution < -0.4 is 0 Å². The van der Waals surface area contributed by atoms with Crippen LogP contribution in [0.4, 0.5) is 0 Å². The molecule has 0 aliphatic carbocycles. The highest BCUT2D eigenvalue weighted by Gasteiger charge is 1.95. The van der Waals surface area contributed by atoms with E-state index in [1.807, 2.05) is 0 Å². The van der Waals surface area contributed by atoms with E-state index in [1.165, 1.54) is 44.6 Å². The van der Waals surface area contributed by atoms with Gasteiger partial charge in [-0.1, -0.05) is 71.8 Å². The number of aliphatic carboxylic acids is 1. The second-order valence-corrected chi connectivity index (χ2v) is 5.39. The van der Waals surface area contributed by atoms with Crippen molar-refractivity contribution in [1.82, 2.24) is 0 Å². The van der Waals surface area contributed by atoms with Gasteiger partial charge in [-0.2, -0.15) is 0 Å². The fourth-order valence-electron chi connectivity index (χ4n) is 1.88. The highest BCUT2D eigenvalue weighted by atomic mass is 16.4. The summed E-state index contributed by atoms with van der Waals surface area (Å²) >= 11 is 0. The molecular weight excluding hydrogens is 288 g/mol. The van der Waals surface area contributed by atoms with Gasteiger partial charge in [-0.15, -0.1) is 13.2 Å². The molecule has 3 nitrogen and oxygen atoms in total. The molecule has 0 amide bonds. The fourth-order valence-corrected chi connectivity index (χ4v) is 1.88. The van der Waals surface area contributed by atoms with Crippen LogP contribution in [-0.2, 0) is 9.59 Å². The third kappa shape index (κ3) is 33.4. The normalized spacial score (nSPS) is 8.96. The van der Waals surface area contributed by atoms with Crippen molar-refractivity contribution >= 4 is 11.8 Å². The van der Waals surface area contributed by atoms with Crippen LogP contribution >= 0.6 is 0 Å². The molecular formula is C20H38O3. The summed E-state index contributed by atoms with van der Waals surface area (Å²) in [6, 6.07) is 0. The Morgan fingerprint density at radius 3 is 1.61 bits per heavy atom. The molecule has 0 heterocycles. The molecule has 3 heteroatoms. The molecule has 0 aromatic heterocycles. The molecule has 136 valence electrons. The first kappa shape index (κ1) is 26.5. The van der Waals surface area contributed by atoms with Crippen LogP contribution in [0.15, 0.2) is 25.8 Å². The average Bonchev–Trinajstić information content (AvgIpc) is 2.56. The van der Waals surface area contributed by atoms with E-state index in [1.54, 1.807) is 0 Å². The Morgan fingerprint density at radius 2 is 1.17 bits per heavy atom. The first-order valence-corrected chi connectivity index (χ1v) is 8.95. The van der Waals surface area contributed by atoms with E-state index in [-0.39, 0.29) is 5.78 Å². The van der Waals surface area contributed by atoms with Gasteiger partial charge in [-0.25, -0.2) is 0 Å². The SMILES string of the molecule is C=C.C=CC(=O)CCCCC.CCCCCCCCCC(=O)O. The minimum absolute atomic E-state index is 0.170. The molecule has 0 aliphatic rings. The molecule has 0 spiro atoms. The van der Waals surface area contributed by atoms with Gasteiger partial charge in [0.15, 0.2) is 5.78 Å². The molecule has 0 aromatic carbocycles. The van der Waals surface area contributed by atoms with Crippen LogP contribution in [0.25, 0.3) is 0 Å². The van der Waals surface area contributed by atoms with Gasteiger partial charge in [-0.3, -0.25) is 9.59 Å². The Kier molecular flexibility index (Phi) is 29.5. The van der Waals surface area contributed by atoms with Gasteiger partial charge in [0, 0.05) is 12.8 Å². The zero-order chi connectivity index (χ0) is 18.3. The Morgan fingerprint density at radius 1 is 0.783 bits per heavy atom. The van der Waals surface area contributed by atoms with E-state index in [0.717, 1.165) is 25.7 Å². The lowest BCUT2D eigenvalue weighted by Crippen LogP contribution is -1.93. The fraction of sp³-hybridized carbons (Fsp3) is 0.700. The van der Waals surface area contributed by atoms with E-state index in [9.17, 15) is 9.59 Å². The second kappa shape index (κ2) is 25.6. The summed E-state index contributed by atoms with van der Waals surface area (Å²) in [5.41, 5.74) is 0. The molecule has 0 bridgehead atoms. The summed E-state index contributed by atoms with van der Waals surface area (Å²) in [6.45, 7) is 13.7. The van der Waals surface area contributed by atoms with Gasteiger partial charge in [0.2, 0.25) is 0 Å². The molecule has 23 heavy (non-hydrogen) atoms. The number of hydrogen-bond donors (Lipinski definition) is 1. The molecule has 0 aromatic rings. The number of carbonyl (C=O) groups excluding carboxylic acids is 1. The van der Waals surface area contributed by atoms with E-state index >= 15 is 0 Å². The van der Waals surface area contributed by atoms with Gasteiger partial charge in [0.05, 0.1) is 0 Å². The summed E-state index contributed by atoms with van der Waals surface area (Å²) in [5.74, 6) is -0.494. The largest absolute Gasteiger partial charge is 0.481 e. The predicted molar refractivity (Wildman–Crippen MR) is 101 cm³/mol. The Hall–Kier alpha value is -1.38. The molecule has 0 saturated heterocycles. The van der Waals surface area contributed by atoms with Gasteiger partial charge >= 0.3 is 5.97 Å². The zero-order valence-corrected chi connectivity index (χ0v) is 15.4. The molecule has 1 N–H and O–H groups in total. The highest BCUT2D eigenvalue weighted by molar-refractivity contribution is 5.88. The lowest BCUT2D eigenvalue weighted by atomic mass is 10.1. The predicted octanol–water partition coefficient (Wildman–Crippen LogP) is 6.34. The van der Waals surface area contributed by atoms with Crippen molar-refractivity contribution in [3.63, 3.8) is 0 Å². The smallest absolute Gasteiger partial charge is 0.303 e. The van der Waals surface area contributed by atoms with Gasteiger partial charge < -0.3 is 5.11 Å². The zero-order valence-electron chi connectivity index (χ0n) is 15.4. The van der Waals surface area contributed by atoms with Crippen molar-refractivity contribution in [1.29, 1.82) is 0 Å². The standard InChI is InChI=1S/C10H20O2.C8H14O.C2H4/c1-2-3-4-5-6-7-8-9-10(11)12;1-3-5-6-7-8(9)4-2;1-2/h2-9H2,1H3,(H,11,12);4H,2-3,5-7H2,1H3;1-2H2. The van der Waals surface area contributed by atoms with Crippen LogP contribution in [0.1, 0.15) is 90.9 Å². The van der Waals surface area contributed by atoms with Crippen molar-refractivity contribution in [2.24, 2.45) is 0 Å². The Labute approximate surface area is 143 Å². The van der Waals surface area contributed by atoms with Crippen molar-refractivity contribution in [3.8, 4) is 0 Å². The van der Waals surface area contributed by atoms with Crippen molar-refractivity contribution in [3.05, 3.63) is 25.8 Å². The topological polar surface area (TPSA) is 54.4 Å². The average molecular weight is 327 g/mol. The van der Waals surface area contributed by atoms with Crippen LogP contribution in [0, 0.1) is 0 Å². The maximum Gasteiger partial charge on any atom is 0.303 e. The minimum atomic E-state index is -0.663. The first-order chi connectivity index (χ1) is 11.1. The van der Waals surface area contributed by atoms with E-state index < -0.39 is 5.97 Å². The molecule has 0 unspecified atom stereocenters. The minimum Gasteiger partial charge on any atom is -0.481 e. The quantitative estimate of drug-likeness (QED) is 0.244. The Bertz CT molecular complexity index is 272. The summed E-state index contributed by atoms with van der Waals surface area (Å²) in [4.78, 5) is 20.7. The maximum atomic E-state index is 10.6. The number of unbranched alkanes of at least 4 members (excludes halogenated alkanes) is 8. The third-order valence-electron chi connectivity index (χ3n) is 3.25. The second-order valence-electron chi connectivity index (χ2n) is 5.39. The van der Waals surface area contributed by atoms with Gasteiger partial charge in [-0.05, 0) is 18.9 Å². The van der Waals surface area contributed by atoms with Gasteiger partial charge in [0.25, 0.3) is 0 Å². The molecule has 0 saturated carbocycles. The van der Waals surface area contributed by atoms with Crippen molar-refractivity contribution in [2.45, 2.75) is 90.9 Å². The van der Waals surface area contributed by atoms with E-state index in [2.05, 4.69) is 33.6 Å². The van der Waals surface area contributed by atoms with Crippen LogP contribution in [0.3, 0.4) is 0 Å². The number of ketones is 1. The lowest BCUT2D eigenvalue weighted by molar-refractivity contribution is -0.137. The summed E-state index contributed by atoms with van der Waals surface area (Å²) in [7, 11) is 0. The van der Waals surface area contributed by atoms with E-state index in [0.29, 0.717) is 12.8 Å². The number of rotatable bonds is 13. The van der Waals surface area contributed by atoms with E-state index in [4.69, 9.17) is 5.11 Å². The number of allylic oxidation sites excluding steroid dienone is 1. The number of carboxylic acids is 1. The number of carboxylic acid groups (broad SMARTS) is 1. The third-order valence-corrected chi connectivity index (χ3v) is 3.25. The Balaban J connectivity index is -0.000000324. The monoisotopic (exact) mass is 326 g/mol. The van der Waals surface area contributed by atoms with Crippen LogP contribution in [0.5, 0.6) is 0 Å². The van der Waals surface area contributed by atoms with Crippen molar-refractivity contribution < 1.29 is 14.7 Å². The molecule has 0 radical (unpaired) electrons. The summed E-state index contributed by atoms with van der Waals surface area (Å²) in [6.07, 6.45) is 14.1. The number of hydrogen-bond acceptors (Lipinski definition) is 2.